The lowest BCUT2D eigenvalue weighted by Crippen LogP contribution is -2.27. The summed E-state index contributed by atoms with van der Waals surface area (Å²) in [5, 5.41) is 12.7. The quantitative estimate of drug-likeness (QED) is 0.682. The largest absolute Gasteiger partial charge is 0.391 e. The van der Waals surface area contributed by atoms with Crippen LogP contribution in [0.2, 0.25) is 0 Å². The Bertz CT molecular complexity index is 309. The maximum absolute atomic E-state index is 9.46. The van der Waals surface area contributed by atoms with Crippen LogP contribution in [0, 0.1) is 0 Å². The van der Waals surface area contributed by atoms with Crippen LogP contribution >= 0.6 is 0 Å². The van der Waals surface area contributed by atoms with Gasteiger partial charge in [-0.05, 0) is 23.6 Å². The summed E-state index contributed by atoms with van der Waals surface area (Å²) < 4.78 is 0. The highest BCUT2D eigenvalue weighted by Gasteiger charge is 2.15. The van der Waals surface area contributed by atoms with Gasteiger partial charge in [0.2, 0.25) is 0 Å². The SMILES string of the molecule is CCc1ccc2c(c1)CC(O)CN2. The van der Waals surface area contributed by atoms with E-state index in [1.807, 2.05) is 0 Å². The Morgan fingerprint density at radius 3 is 3.15 bits per heavy atom. The molecule has 1 atom stereocenters. The number of benzene rings is 1. The lowest BCUT2D eigenvalue weighted by atomic mass is 9.98. The van der Waals surface area contributed by atoms with Gasteiger partial charge in [0.25, 0.3) is 0 Å². The van der Waals surface area contributed by atoms with Crippen molar-refractivity contribution in [3.8, 4) is 0 Å². The number of fused-ring (bicyclic) bond motifs is 1. The first-order valence-corrected chi connectivity index (χ1v) is 4.83. The maximum atomic E-state index is 9.46. The molecule has 2 heteroatoms. The summed E-state index contributed by atoms with van der Waals surface area (Å²) in [4.78, 5) is 0. The second kappa shape index (κ2) is 3.38. The Kier molecular flexibility index (Phi) is 2.23. The number of nitrogens with one attached hydrogen (secondary N) is 1. The Labute approximate surface area is 78.6 Å². The van der Waals surface area contributed by atoms with E-state index in [1.54, 1.807) is 0 Å². The average molecular weight is 177 g/mol. The fraction of sp³-hybridized carbons (Fsp3) is 0.455. The molecule has 1 unspecified atom stereocenters. The van der Waals surface area contributed by atoms with Gasteiger partial charge in [-0.25, -0.2) is 0 Å². The van der Waals surface area contributed by atoms with Gasteiger partial charge in [-0.15, -0.1) is 0 Å². The van der Waals surface area contributed by atoms with Crippen LogP contribution in [0.15, 0.2) is 18.2 Å². The first-order valence-electron chi connectivity index (χ1n) is 4.83. The molecule has 1 aromatic rings. The van der Waals surface area contributed by atoms with Crippen molar-refractivity contribution in [2.75, 3.05) is 11.9 Å². The molecule has 0 saturated heterocycles. The van der Waals surface area contributed by atoms with E-state index >= 15 is 0 Å². The van der Waals surface area contributed by atoms with Crippen molar-refractivity contribution in [2.45, 2.75) is 25.9 Å². The number of aliphatic hydroxyl groups is 1. The first-order chi connectivity index (χ1) is 6.29. The van der Waals surface area contributed by atoms with Gasteiger partial charge in [0, 0.05) is 18.7 Å². The van der Waals surface area contributed by atoms with Gasteiger partial charge in [-0.1, -0.05) is 19.1 Å². The lowest BCUT2D eigenvalue weighted by molar-refractivity contribution is 0.184. The van der Waals surface area contributed by atoms with Crippen molar-refractivity contribution in [1.82, 2.24) is 0 Å². The molecule has 1 aliphatic heterocycles. The van der Waals surface area contributed by atoms with E-state index in [0.717, 1.165) is 12.8 Å². The van der Waals surface area contributed by atoms with Crippen LogP contribution in [0.5, 0.6) is 0 Å². The summed E-state index contributed by atoms with van der Waals surface area (Å²) >= 11 is 0. The highest BCUT2D eigenvalue weighted by Crippen LogP contribution is 2.23. The zero-order valence-electron chi connectivity index (χ0n) is 7.88. The van der Waals surface area contributed by atoms with Crippen molar-refractivity contribution in [3.63, 3.8) is 0 Å². The number of hydrogen-bond acceptors (Lipinski definition) is 2. The molecule has 0 amide bonds. The minimum atomic E-state index is -0.223. The van der Waals surface area contributed by atoms with Crippen LogP contribution < -0.4 is 5.32 Å². The molecular formula is C11H15NO. The molecule has 2 rings (SSSR count). The number of aryl methyl sites for hydroxylation is 1. The summed E-state index contributed by atoms with van der Waals surface area (Å²) in [5.74, 6) is 0. The van der Waals surface area contributed by atoms with Crippen LogP contribution in [-0.2, 0) is 12.8 Å². The molecule has 0 spiro atoms. The first kappa shape index (κ1) is 8.57. The molecular weight excluding hydrogens is 162 g/mol. The fourth-order valence-corrected chi connectivity index (χ4v) is 1.76. The van der Waals surface area contributed by atoms with Crippen molar-refractivity contribution < 1.29 is 5.11 Å². The van der Waals surface area contributed by atoms with E-state index in [4.69, 9.17) is 0 Å². The second-order valence-corrected chi connectivity index (χ2v) is 3.58. The third-order valence-electron chi connectivity index (χ3n) is 2.56. The van der Waals surface area contributed by atoms with E-state index < -0.39 is 0 Å². The third kappa shape index (κ3) is 1.68. The topological polar surface area (TPSA) is 32.3 Å². The molecule has 0 radical (unpaired) electrons. The molecule has 2 N–H and O–H groups in total. The van der Waals surface area contributed by atoms with Crippen molar-refractivity contribution >= 4 is 5.69 Å². The Morgan fingerprint density at radius 1 is 1.54 bits per heavy atom. The molecule has 0 bridgehead atoms. The number of rotatable bonds is 1. The van der Waals surface area contributed by atoms with Gasteiger partial charge in [-0.2, -0.15) is 0 Å². The number of β-amino-alcohol motifs (C(OH)–C–C–N with tert-alkyl or cyclic N) is 1. The molecule has 0 fully saturated rings. The zero-order chi connectivity index (χ0) is 9.26. The van der Waals surface area contributed by atoms with Crippen LogP contribution in [-0.4, -0.2) is 17.8 Å². The summed E-state index contributed by atoms with van der Waals surface area (Å²) in [6.45, 7) is 2.83. The van der Waals surface area contributed by atoms with E-state index in [2.05, 4.69) is 30.4 Å². The Morgan fingerprint density at radius 2 is 2.38 bits per heavy atom. The average Bonchev–Trinajstić information content (AvgIpc) is 2.16. The maximum Gasteiger partial charge on any atom is 0.0753 e. The molecule has 13 heavy (non-hydrogen) atoms. The van der Waals surface area contributed by atoms with Crippen molar-refractivity contribution in [2.24, 2.45) is 0 Å². The normalized spacial score (nSPS) is 20.6. The van der Waals surface area contributed by atoms with Crippen molar-refractivity contribution in [1.29, 1.82) is 0 Å². The van der Waals surface area contributed by atoms with Gasteiger partial charge < -0.3 is 10.4 Å². The second-order valence-electron chi connectivity index (χ2n) is 3.58. The number of hydrogen-bond donors (Lipinski definition) is 2. The van der Waals surface area contributed by atoms with Crippen LogP contribution in [0.1, 0.15) is 18.1 Å². The smallest absolute Gasteiger partial charge is 0.0753 e. The van der Waals surface area contributed by atoms with Gasteiger partial charge >= 0.3 is 0 Å². The van der Waals surface area contributed by atoms with E-state index in [9.17, 15) is 5.11 Å². The van der Waals surface area contributed by atoms with E-state index in [1.165, 1.54) is 16.8 Å². The third-order valence-corrected chi connectivity index (χ3v) is 2.56. The van der Waals surface area contributed by atoms with Gasteiger partial charge in [-0.3, -0.25) is 0 Å². The van der Waals surface area contributed by atoms with E-state index in [0.29, 0.717) is 6.54 Å². The minimum absolute atomic E-state index is 0.223. The Balaban J connectivity index is 2.32. The molecule has 1 aromatic carbocycles. The van der Waals surface area contributed by atoms with Crippen LogP contribution in [0.25, 0.3) is 0 Å². The fourth-order valence-electron chi connectivity index (χ4n) is 1.76. The van der Waals surface area contributed by atoms with Crippen molar-refractivity contribution in [3.05, 3.63) is 29.3 Å². The predicted molar refractivity (Wildman–Crippen MR) is 54.0 cm³/mol. The molecule has 1 heterocycles. The highest BCUT2D eigenvalue weighted by atomic mass is 16.3. The van der Waals surface area contributed by atoms with Gasteiger partial charge in [0.15, 0.2) is 0 Å². The molecule has 0 saturated carbocycles. The monoisotopic (exact) mass is 177 g/mol. The molecule has 2 nitrogen and oxygen atoms in total. The molecule has 70 valence electrons. The standard InChI is InChI=1S/C11H15NO/c1-2-8-3-4-11-9(5-8)6-10(13)7-12-11/h3-5,10,12-13H,2,6-7H2,1H3. The predicted octanol–water partition coefficient (Wildman–Crippen LogP) is 1.58. The number of aliphatic hydroxyl groups excluding tert-OH is 1. The summed E-state index contributed by atoms with van der Waals surface area (Å²) in [7, 11) is 0. The van der Waals surface area contributed by atoms with Gasteiger partial charge in [0.05, 0.1) is 6.10 Å². The summed E-state index contributed by atoms with van der Waals surface area (Å²) in [5.41, 5.74) is 3.77. The Hall–Kier alpha value is -1.02. The summed E-state index contributed by atoms with van der Waals surface area (Å²) in [6.07, 6.45) is 1.62. The van der Waals surface area contributed by atoms with Gasteiger partial charge in [0.1, 0.15) is 0 Å². The highest BCUT2D eigenvalue weighted by molar-refractivity contribution is 5.54. The molecule has 0 aliphatic carbocycles. The summed E-state index contributed by atoms with van der Waals surface area (Å²) in [6, 6.07) is 6.44. The lowest BCUT2D eigenvalue weighted by Gasteiger charge is -2.22. The minimum Gasteiger partial charge on any atom is -0.391 e. The van der Waals surface area contributed by atoms with Crippen LogP contribution in [0.4, 0.5) is 5.69 Å². The van der Waals surface area contributed by atoms with Crippen LogP contribution in [0.3, 0.4) is 0 Å². The number of anilines is 1. The van der Waals surface area contributed by atoms with E-state index in [-0.39, 0.29) is 6.10 Å². The zero-order valence-corrected chi connectivity index (χ0v) is 7.88. The molecule has 0 aromatic heterocycles. The molecule has 1 aliphatic rings.